The van der Waals surface area contributed by atoms with Gasteiger partial charge in [-0.3, -0.25) is 4.79 Å². The molecule has 0 aliphatic carbocycles. The van der Waals surface area contributed by atoms with Gasteiger partial charge in [-0.15, -0.1) is 0 Å². The Kier molecular flexibility index (Phi) is 6.39. The van der Waals surface area contributed by atoms with E-state index >= 15 is 0 Å². The third-order valence-electron chi connectivity index (χ3n) is 6.13. The van der Waals surface area contributed by atoms with Crippen LogP contribution in [0.15, 0.2) is 77.7 Å². The van der Waals surface area contributed by atoms with E-state index < -0.39 is 10.0 Å². The van der Waals surface area contributed by atoms with E-state index in [0.29, 0.717) is 37.4 Å². The van der Waals surface area contributed by atoms with Crippen LogP contribution in [-0.2, 0) is 14.8 Å². The summed E-state index contributed by atoms with van der Waals surface area (Å²) in [6, 6.07) is 23.1. The van der Waals surface area contributed by atoms with E-state index in [0.717, 1.165) is 10.8 Å². The highest BCUT2D eigenvalue weighted by Crippen LogP contribution is 2.26. The highest BCUT2D eigenvalue weighted by Gasteiger charge is 2.32. The smallest absolute Gasteiger partial charge is 0.243 e. The van der Waals surface area contributed by atoms with Gasteiger partial charge in [0.25, 0.3) is 0 Å². The molecule has 162 valence electrons. The van der Waals surface area contributed by atoms with Crippen molar-refractivity contribution >= 4 is 26.7 Å². The average molecular weight is 437 g/mol. The van der Waals surface area contributed by atoms with Crippen molar-refractivity contribution in [1.29, 1.82) is 0 Å². The molecule has 0 radical (unpaired) electrons. The first kappa shape index (κ1) is 21.5. The van der Waals surface area contributed by atoms with Crippen LogP contribution >= 0.6 is 0 Å². The summed E-state index contributed by atoms with van der Waals surface area (Å²) in [4.78, 5) is 12.9. The van der Waals surface area contributed by atoms with Gasteiger partial charge in [0.15, 0.2) is 0 Å². The van der Waals surface area contributed by atoms with Gasteiger partial charge in [0.05, 0.1) is 4.90 Å². The van der Waals surface area contributed by atoms with Gasteiger partial charge in [0.1, 0.15) is 0 Å². The van der Waals surface area contributed by atoms with Gasteiger partial charge in [-0.2, -0.15) is 4.31 Å². The number of rotatable bonds is 6. The van der Waals surface area contributed by atoms with E-state index in [9.17, 15) is 13.2 Å². The average Bonchev–Trinajstić information content (AvgIpc) is 2.82. The molecule has 1 saturated heterocycles. The molecular formula is C25H28N2O3S. The largest absolute Gasteiger partial charge is 0.355 e. The minimum absolute atomic E-state index is 0.0190. The van der Waals surface area contributed by atoms with Crippen LogP contribution in [0.1, 0.15) is 31.2 Å². The Morgan fingerprint density at radius 2 is 1.61 bits per heavy atom. The fourth-order valence-corrected chi connectivity index (χ4v) is 5.64. The van der Waals surface area contributed by atoms with Gasteiger partial charge < -0.3 is 5.32 Å². The summed E-state index contributed by atoms with van der Waals surface area (Å²) in [5, 5.41) is 4.97. The molecule has 1 amide bonds. The molecule has 1 aliphatic heterocycles. The standard InChI is InChI=1S/C25H28N2O3S/c1-19(20-7-3-2-4-8-20)18-26-25(28)22-13-15-27(16-14-22)31(29,30)24-12-11-21-9-5-6-10-23(21)17-24/h2-12,17,19,22H,13-16,18H2,1H3,(H,26,28). The van der Waals surface area contributed by atoms with E-state index in [-0.39, 0.29) is 17.7 Å². The second-order valence-electron chi connectivity index (χ2n) is 8.24. The molecule has 1 aliphatic rings. The van der Waals surface area contributed by atoms with Gasteiger partial charge in [-0.25, -0.2) is 8.42 Å². The van der Waals surface area contributed by atoms with Crippen LogP contribution in [0.4, 0.5) is 0 Å². The molecule has 1 atom stereocenters. The molecule has 5 nitrogen and oxygen atoms in total. The third kappa shape index (κ3) is 4.81. The predicted octanol–water partition coefficient (Wildman–Crippen LogP) is 4.16. The van der Waals surface area contributed by atoms with Crippen LogP contribution in [0.5, 0.6) is 0 Å². The SMILES string of the molecule is CC(CNC(=O)C1CCN(S(=O)(=O)c2ccc3ccccc3c2)CC1)c1ccccc1. The molecule has 4 rings (SSSR count). The lowest BCUT2D eigenvalue weighted by Gasteiger charge is -2.30. The zero-order chi connectivity index (χ0) is 21.8. The van der Waals surface area contributed by atoms with Gasteiger partial charge in [0, 0.05) is 25.6 Å². The first-order valence-electron chi connectivity index (χ1n) is 10.8. The van der Waals surface area contributed by atoms with Crippen molar-refractivity contribution in [2.24, 2.45) is 5.92 Å². The van der Waals surface area contributed by atoms with Crippen LogP contribution in [-0.4, -0.2) is 38.3 Å². The van der Waals surface area contributed by atoms with Crippen LogP contribution in [0.2, 0.25) is 0 Å². The molecule has 6 heteroatoms. The summed E-state index contributed by atoms with van der Waals surface area (Å²) in [6.07, 6.45) is 1.08. The van der Waals surface area contributed by atoms with Gasteiger partial charge in [0.2, 0.25) is 15.9 Å². The van der Waals surface area contributed by atoms with Gasteiger partial charge >= 0.3 is 0 Å². The lowest BCUT2D eigenvalue weighted by atomic mass is 9.96. The Bertz CT molecular complexity index is 1150. The molecule has 0 saturated carbocycles. The van der Waals surface area contributed by atoms with Crippen molar-refractivity contribution in [2.75, 3.05) is 19.6 Å². The third-order valence-corrected chi connectivity index (χ3v) is 8.03. The normalized spacial score (nSPS) is 16.8. The number of piperidine rings is 1. The highest BCUT2D eigenvalue weighted by atomic mass is 32.2. The Balaban J connectivity index is 1.34. The summed E-state index contributed by atoms with van der Waals surface area (Å²) in [7, 11) is -3.56. The quantitative estimate of drug-likeness (QED) is 0.631. The number of sulfonamides is 1. The molecule has 31 heavy (non-hydrogen) atoms. The highest BCUT2D eigenvalue weighted by molar-refractivity contribution is 7.89. The van der Waals surface area contributed by atoms with Gasteiger partial charge in [-0.05, 0) is 47.2 Å². The minimum atomic E-state index is -3.56. The Hall–Kier alpha value is -2.70. The van der Waals surface area contributed by atoms with Crippen LogP contribution < -0.4 is 5.32 Å². The maximum absolute atomic E-state index is 13.1. The van der Waals surface area contributed by atoms with Crippen molar-refractivity contribution in [3.05, 3.63) is 78.4 Å². The van der Waals surface area contributed by atoms with E-state index in [1.54, 1.807) is 12.1 Å². The fourth-order valence-electron chi connectivity index (χ4n) is 4.13. The Morgan fingerprint density at radius 1 is 0.968 bits per heavy atom. The second kappa shape index (κ2) is 9.20. The lowest BCUT2D eigenvalue weighted by molar-refractivity contribution is -0.126. The molecule has 1 fully saturated rings. The number of carbonyl (C=O) groups is 1. The van der Waals surface area contributed by atoms with Gasteiger partial charge in [-0.1, -0.05) is 67.6 Å². The first-order valence-corrected chi connectivity index (χ1v) is 12.2. The number of hydrogen-bond donors (Lipinski definition) is 1. The summed E-state index contributed by atoms with van der Waals surface area (Å²) < 4.78 is 27.7. The van der Waals surface area contributed by atoms with E-state index in [1.165, 1.54) is 9.87 Å². The second-order valence-corrected chi connectivity index (χ2v) is 10.2. The summed E-state index contributed by atoms with van der Waals surface area (Å²) >= 11 is 0. The summed E-state index contributed by atoms with van der Waals surface area (Å²) in [5.74, 6) is 0.107. The predicted molar refractivity (Wildman–Crippen MR) is 123 cm³/mol. The zero-order valence-corrected chi connectivity index (χ0v) is 18.5. The van der Waals surface area contributed by atoms with Crippen LogP contribution in [0.3, 0.4) is 0 Å². The number of amides is 1. The number of benzene rings is 3. The first-order chi connectivity index (χ1) is 14.9. The maximum Gasteiger partial charge on any atom is 0.243 e. The van der Waals surface area contributed by atoms with Crippen LogP contribution in [0.25, 0.3) is 10.8 Å². The van der Waals surface area contributed by atoms with E-state index in [1.807, 2.05) is 48.5 Å². The molecule has 1 heterocycles. The summed E-state index contributed by atoms with van der Waals surface area (Å²) in [6.45, 7) is 3.40. The molecule has 1 N–H and O–H groups in total. The maximum atomic E-state index is 13.1. The Morgan fingerprint density at radius 3 is 2.32 bits per heavy atom. The van der Waals surface area contributed by atoms with E-state index in [2.05, 4.69) is 24.4 Å². The lowest BCUT2D eigenvalue weighted by Crippen LogP contribution is -2.43. The Labute approximate surface area is 184 Å². The minimum Gasteiger partial charge on any atom is -0.355 e. The molecule has 0 bridgehead atoms. The van der Waals surface area contributed by atoms with Crippen molar-refractivity contribution < 1.29 is 13.2 Å². The topological polar surface area (TPSA) is 66.5 Å². The van der Waals surface area contributed by atoms with Crippen molar-refractivity contribution in [3.8, 4) is 0 Å². The number of nitrogens with one attached hydrogen (secondary N) is 1. The molecule has 0 spiro atoms. The molecule has 0 aromatic heterocycles. The van der Waals surface area contributed by atoms with Crippen molar-refractivity contribution in [2.45, 2.75) is 30.6 Å². The fraction of sp³-hybridized carbons (Fsp3) is 0.320. The van der Waals surface area contributed by atoms with Crippen molar-refractivity contribution in [1.82, 2.24) is 9.62 Å². The number of carbonyl (C=O) groups excluding carboxylic acids is 1. The van der Waals surface area contributed by atoms with E-state index in [4.69, 9.17) is 0 Å². The number of fused-ring (bicyclic) bond motifs is 1. The molecule has 3 aromatic rings. The van der Waals surface area contributed by atoms with Crippen molar-refractivity contribution in [3.63, 3.8) is 0 Å². The zero-order valence-electron chi connectivity index (χ0n) is 17.7. The molecule has 1 unspecified atom stereocenters. The molecular weight excluding hydrogens is 408 g/mol. The number of nitrogens with zero attached hydrogens (tertiary/aromatic N) is 1. The van der Waals surface area contributed by atoms with Crippen LogP contribution in [0, 0.1) is 5.92 Å². The monoisotopic (exact) mass is 436 g/mol. The molecule has 3 aromatic carbocycles. The number of hydrogen-bond acceptors (Lipinski definition) is 3. The summed E-state index contributed by atoms with van der Waals surface area (Å²) in [5.41, 5.74) is 1.19.